The van der Waals surface area contributed by atoms with Gasteiger partial charge in [0.05, 0.1) is 17.7 Å². The molecular weight excluding hydrogens is 240 g/mol. The highest BCUT2D eigenvalue weighted by Gasteiger charge is 2.24. The van der Waals surface area contributed by atoms with E-state index in [-0.39, 0.29) is 24.4 Å². The molecule has 0 bridgehead atoms. The number of Topliss-reactive ketones (excluding diaryl/α,β-unsaturated/α-hetero) is 1. The van der Waals surface area contributed by atoms with Gasteiger partial charge in [-0.2, -0.15) is 15.8 Å². The van der Waals surface area contributed by atoms with E-state index in [0.717, 1.165) is 0 Å². The van der Waals surface area contributed by atoms with Crippen LogP contribution in [0.2, 0.25) is 0 Å². The molecule has 0 aliphatic rings. The van der Waals surface area contributed by atoms with Crippen LogP contribution in [0.1, 0.15) is 20.8 Å². The van der Waals surface area contributed by atoms with Crippen LogP contribution in [-0.2, 0) is 4.79 Å². The molecule has 0 N–H and O–H groups in total. The van der Waals surface area contributed by atoms with Crippen molar-refractivity contribution in [2.45, 2.75) is 20.8 Å². The van der Waals surface area contributed by atoms with E-state index in [1.165, 1.54) is 23.3 Å². The second-order valence-corrected chi connectivity index (χ2v) is 4.83. The van der Waals surface area contributed by atoms with Gasteiger partial charge in [0.1, 0.15) is 19.2 Å². The number of carbonyl (C=O) groups excluding carboxylic acids is 1. The molecule has 0 saturated carbocycles. The summed E-state index contributed by atoms with van der Waals surface area (Å²) in [4.78, 5) is 13.4. The largest absolute Gasteiger partial charge is 0.351 e. The summed E-state index contributed by atoms with van der Waals surface area (Å²) in [7, 11) is 0. The van der Waals surface area contributed by atoms with Gasteiger partial charge >= 0.3 is 0 Å². The highest BCUT2D eigenvalue weighted by Crippen LogP contribution is 2.19. The van der Waals surface area contributed by atoms with Gasteiger partial charge in [0.15, 0.2) is 5.78 Å². The van der Waals surface area contributed by atoms with Crippen molar-refractivity contribution in [2.24, 2.45) is 5.41 Å². The normalized spacial score (nSPS) is 11.5. The maximum atomic E-state index is 11.9. The molecule has 0 heterocycles. The predicted octanol–water partition coefficient (Wildman–Crippen LogP) is 1.91. The quantitative estimate of drug-likeness (QED) is 0.324. The fourth-order valence-electron chi connectivity index (χ4n) is 1.17. The molecule has 19 heavy (non-hydrogen) atoms. The van der Waals surface area contributed by atoms with Gasteiger partial charge in [0.2, 0.25) is 0 Å². The average molecular weight is 256 g/mol. The molecule has 0 aliphatic carbocycles. The maximum absolute atomic E-state index is 11.9. The van der Waals surface area contributed by atoms with E-state index >= 15 is 0 Å². The first-order valence-electron chi connectivity index (χ1n) is 5.68. The number of rotatable bonds is 5. The first-order valence-corrected chi connectivity index (χ1v) is 5.68. The number of carbonyl (C=O) groups is 1. The van der Waals surface area contributed by atoms with E-state index in [4.69, 9.17) is 15.8 Å². The summed E-state index contributed by atoms with van der Waals surface area (Å²) in [6.07, 6.45) is 4.41. The number of ketones is 1. The Morgan fingerprint density at radius 2 is 1.68 bits per heavy atom. The monoisotopic (exact) mass is 256 g/mol. The second-order valence-electron chi connectivity index (χ2n) is 4.83. The maximum Gasteiger partial charge on any atom is 0.178 e. The molecule has 0 atom stereocenters. The van der Waals surface area contributed by atoms with E-state index in [2.05, 4.69) is 0 Å². The standard InChI is InChI=1S/C14H16N4O/c1-14(2,3)13(19)12(11-17)5-4-8-18(9-6-15)10-7-16/h4-5,8H,9-10H2,1-3H3/b8-4+,12-5+. The van der Waals surface area contributed by atoms with E-state index in [0.29, 0.717) is 0 Å². The summed E-state index contributed by atoms with van der Waals surface area (Å²) in [5.41, 5.74) is -0.563. The van der Waals surface area contributed by atoms with E-state index in [1.54, 1.807) is 20.8 Å². The van der Waals surface area contributed by atoms with Crippen LogP contribution in [0, 0.1) is 39.4 Å². The predicted molar refractivity (Wildman–Crippen MR) is 70.1 cm³/mol. The molecule has 0 aromatic rings. The van der Waals surface area contributed by atoms with Crippen LogP contribution in [0.15, 0.2) is 23.9 Å². The van der Waals surface area contributed by atoms with Crippen LogP contribution in [0.4, 0.5) is 0 Å². The van der Waals surface area contributed by atoms with Crippen LogP contribution >= 0.6 is 0 Å². The van der Waals surface area contributed by atoms with Gasteiger partial charge in [0, 0.05) is 11.6 Å². The summed E-state index contributed by atoms with van der Waals surface area (Å²) < 4.78 is 0. The molecule has 0 spiro atoms. The lowest BCUT2D eigenvalue weighted by molar-refractivity contribution is -0.122. The summed E-state index contributed by atoms with van der Waals surface area (Å²) >= 11 is 0. The van der Waals surface area contributed by atoms with Crippen molar-refractivity contribution in [1.82, 2.24) is 4.90 Å². The molecule has 0 aliphatic heterocycles. The molecule has 0 unspecified atom stereocenters. The smallest absolute Gasteiger partial charge is 0.178 e. The zero-order valence-electron chi connectivity index (χ0n) is 11.3. The topological polar surface area (TPSA) is 91.7 Å². The van der Waals surface area contributed by atoms with Crippen molar-refractivity contribution < 1.29 is 4.79 Å². The Balaban J connectivity index is 4.94. The number of nitriles is 3. The number of hydrogen-bond donors (Lipinski definition) is 0. The number of hydrogen-bond acceptors (Lipinski definition) is 5. The third-order valence-corrected chi connectivity index (χ3v) is 2.15. The lowest BCUT2D eigenvalue weighted by Crippen LogP contribution is -2.21. The zero-order chi connectivity index (χ0) is 14.9. The third kappa shape index (κ3) is 6.05. The molecule has 0 aromatic heterocycles. The zero-order valence-corrected chi connectivity index (χ0v) is 11.3. The van der Waals surface area contributed by atoms with E-state index < -0.39 is 5.41 Å². The Labute approximate surface area is 113 Å². The van der Waals surface area contributed by atoms with Crippen LogP contribution in [0.25, 0.3) is 0 Å². The first kappa shape index (κ1) is 16.4. The van der Waals surface area contributed by atoms with Crippen molar-refractivity contribution >= 4 is 5.78 Å². The van der Waals surface area contributed by atoms with Gasteiger partial charge in [-0.25, -0.2) is 0 Å². The molecule has 0 fully saturated rings. The fraction of sp³-hybridized carbons (Fsp3) is 0.429. The van der Waals surface area contributed by atoms with Crippen molar-refractivity contribution in [3.8, 4) is 18.2 Å². The minimum absolute atomic E-state index is 0.0533. The Morgan fingerprint density at radius 3 is 2.05 bits per heavy atom. The van der Waals surface area contributed by atoms with E-state index in [9.17, 15) is 4.79 Å². The lowest BCUT2D eigenvalue weighted by Gasteiger charge is -2.15. The molecule has 0 radical (unpaired) electrons. The van der Waals surface area contributed by atoms with Crippen molar-refractivity contribution in [2.75, 3.05) is 13.1 Å². The molecular formula is C14H16N4O. The summed E-state index contributed by atoms with van der Waals surface area (Å²) in [5, 5.41) is 26.1. The van der Waals surface area contributed by atoms with Crippen molar-refractivity contribution in [3.05, 3.63) is 23.9 Å². The molecule has 0 amide bonds. The molecule has 5 heteroatoms. The number of allylic oxidation sites excluding steroid dienone is 3. The van der Waals surface area contributed by atoms with Gasteiger partial charge in [-0.1, -0.05) is 20.8 Å². The number of nitrogens with zero attached hydrogens (tertiary/aromatic N) is 4. The summed E-state index contributed by atoms with van der Waals surface area (Å²) in [5.74, 6) is -0.244. The van der Waals surface area contributed by atoms with Gasteiger partial charge in [-0.05, 0) is 12.2 Å². The Hall–Kier alpha value is -2.58. The van der Waals surface area contributed by atoms with Gasteiger partial charge in [-0.15, -0.1) is 0 Å². The SMILES string of the molecule is CC(C)(C)C(=O)/C(C#N)=C/C=C/N(CC#N)CC#N. The summed E-state index contributed by atoms with van der Waals surface area (Å²) in [6, 6.07) is 5.70. The highest BCUT2D eigenvalue weighted by molar-refractivity contribution is 6.02. The van der Waals surface area contributed by atoms with E-state index in [1.807, 2.05) is 18.2 Å². The Morgan fingerprint density at radius 1 is 1.16 bits per heavy atom. The van der Waals surface area contributed by atoms with Gasteiger partial charge < -0.3 is 4.90 Å². The van der Waals surface area contributed by atoms with Crippen molar-refractivity contribution in [1.29, 1.82) is 15.8 Å². The highest BCUT2D eigenvalue weighted by atomic mass is 16.1. The lowest BCUT2D eigenvalue weighted by atomic mass is 9.86. The molecule has 0 aromatic carbocycles. The molecule has 5 nitrogen and oxygen atoms in total. The van der Waals surface area contributed by atoms with Gasteiger partial charge in [-0.3, -0.25) is 4.79 Å². The van der Waals surface area contributed by atoms with Crippen LogP contribution in [0.5, 0.6) is 0 Å². The van der Waals surface area contributed by atoms with Crippen LogP contribution in [0.3, 0.4) is 0 Å². The molecule has 98 valence electrons. The second kappa shape index (κ2) is 7.69. The molecule has 0 rings (SSSR count). The average Bonchev–Trinajstić information content (AvgIpc) is 2.33. The fourth-order valence-corrected chi connectivity index (χ4v) is 1.17. The summed E-state index contributed by atoms with van der Waals surface area (Å²) in [6.45, 7) is 5.37. The van der Waals surface area contributed by atoms with Crippen molar-refractivity contribution in [3.63, 3.8) is 0 Å². The minimum Gasteiger partial charge on any atom is -0.351 e. The third-order valence-electron chi connectivity index (χ3n) is 2.15. The Kier molecular flexibility index (Phi) is 6.65. The first-order chi connectivity index (χ1) is 8.86. The Bertz CT molecular complexity index is 488. The molecule has 0 saturated heterocycles. The minimum atomic E-state index is -0.617. The van der Waals surface area contributed by atoms with Crippen LogP contribution < -0.4 is 0 Å². The van der Waals surface area contributed by atoms with Gasteiger partial charge in [0.25, 0.3) is 0 Å². The van der Waals surface area contributed by atoms with Crippen LogP contribution in [-0.4, -0.2) is 23.8 Å².